The molecule has 4 aromatic heterocycles. The van der Waals surface area contributed by atoms with Crippen molar-refractivity contribution in [3.8, 4) is 23.0 Å². The number of ketones is 1. The van der Waals surface area contributed by atoms with E-state index in [-0.39, 0.29) is 86.8 Å². The van der Waals surface area contributed by atoms with Gasteiger partial charge in [0, 0.05) is 117 Å². The summed E-state index contributed by atoms with van der Waals surface area (Å²) in [6, 6.07) is 12.6. The largest absolute Gasteiger partial charge is 0.503 e. The van der Waals surface area contributed by atoms with Gasteiger partial charge in [-0.15, -0.1) is 0 Å². The Balaban J connectivity index is 1.40. The molecule has 69 heavy (non-hydrogen) atoms. The summed E-state index contributed by atoms with van der Waals surface area (Å²) in [7, 11) is 5.73. The lowest BCUT2D eigenvalue weighted by molar-refractivity contribution is 0.0934. The molecule has 1 unspecified atom stereocenters. The summed E-state index contributed by atoms with van der Waals surface area (Å²) in [5, 5.41) is 49.9. The Bertz CT molecular complexity index is 2580. The lowest BCUT2D eigenvalue weighted by Crippen LogP contribution is -2.45. The zero-order chi connectivity index (χ0) is 50.5. The molecule has 0 aliphatic heterocycles. The molecule has 0 bridgehead atoms. The van der Waals surface area contributed by atoms with Crippen molar-refractivity contribution in [2.24, 2.45) is 34.1 Å². The molecular weight excluding hydrogens is 897 g/mol. The van der Waals surface area contributed by atoms with Crippen molar-refractivity contribution >= 4 is 29.2 Å². The maximum Gasteiger partial charge on any atom is 0.293 e. The maximum absolute atomic E-state index is 13.3. The molecule has 1 aromatic carbocycles. The first-order valence-electron chi connectivity index (χ1n) is 22.0. The van der Waals surface area contributed by atoms with Crippen LogP contribution in [0.15, 0.2) is 92.5 Å². The van der Waals surface area contributed by atoms with Gasteiger partial charge in [0.25, 0.3) is 40.0 Å². The second-order valence-electron chi connectivity index (χ2n) is 16.7. The molecule has 4 heterocycles. The number of anilines is 1. The van der Waals surface area contributed by atoms with E-state index in [4.69, 9.17) is 5.73 Å². The van der Waals surface area contributed by atoms with Crippen molar-refractivity contribution in [1.82, 2.24) is 44.0 Å². The van der Waals surface area contributed by atoms with Crippen LogP contribution in [0.1, 0.15) is 59.8 Å². The number of carbonyl (C=O) groups excluding carboxylic acids is 4. The average Bonchev–Trinajstić information content (AvgIpc) is 3.31. The zero-order valence-electron chi connectivity index (χ0n) is 38.8. The highest BCUT2D eigenvalue weighted by Crippen LogP contribution is 2.18. The molecule has 9 N–H and O–H groups in total. The Hall–Kier alpha value is -7.98. The van der Waals surface area contributed by atoms with E-state index in [0.29, 0.717) is 25.2 Å². The second-order valence-corrected chi connectivity index (χ2v) is 16.7. The second kappa shape index (κ2) is 23.7. The van der Waals surface area contributed by atoms with Crippen molar-refractivity contribution in [2.75, 3.05) is 64.6 Å². The third kappa shape index (κ3) is 13.6. The van der Waals surface area contributed by atoms with E-state index in [1.54, 1.807) is 12.1 Å². The van der Waals surface area contributed by atoms with E-state index in [1.807, 2.05) is 21.9 Å². The van der Waals surface area contributed by atoms with E-state index in [2.05, 4.69) is 16.0 Å². The summed E-state index contributed by atoms with van der Waals surface area (Å²) >= 11 is 0. The smallest absolute Gasteiger partial charge is 0.293 e. The minimum Gasteiger partial charge on any atom is -0.503 e. The summed E-state index contributed by atoms with van der Waals surface area (Å²) in [5.74, 6) is -5.60. The number of hydrogen-bond donors (Lipinski definition) is 8. The summed E-state index contributed by atoms with van der Waals surface area (Å²) < 4.78 is 4.53. The van der Waals surface area contributed by atoms with Crippen molar-refractivity contribution < 1.29 is 39.6 Å². The number of nitrogens with two attached hydrogens (primary N) is 1. The van der Waals surface area contributed by atoms with E-state index < -0.39 is 68.7 Å². The molecule has 0 spiro atoms. The summed E-state index contributed by atoms with van der Waals surface area (Å²) in [6.45, 7) is 1.61. The van der Waals surface area contributed by atoms with Gasteiger partial charge in [-0.3, -0.25) is 43.3 Å². The predicted molar refractivity (Wildman–Crippen MR) is 255 cm³/mol. The third-order valence-corrected chi connectivity index (χ3v) is 11.6. The number of nitrogens with zero attached hydrogens (tertiary/aromatic N) is 6. The molecular formula is C47H58N10O12. The zero-order valence-corrected chi connectivity index (χ0v) is 38.8. The third-order valence-electron chi connectivity index (χ3n) is 11.6. The number of carbonyl (C=O) groups is 4. The van der Waals surface area contributed by atoms with Gasteiger partial charge in [-0.1, -0.05) is 12.1 Å². The van der Waals surface area contributed by atoms with Crippen LogP contribution in [0.2, 0.25) is 0 Å². The van der Waals surface area contributed by atoms with Crippen LogP contribution in [-0.2, 0) is 34.6 Å². The molecule has 0 fully saturated rings. The first kappa shape index (κ1) is 52.0. The summed E-state index contributed by atoms with van der Waals surface area (Å²) in [5.41, 5.74) is 3.72. The van der Waals surface area contributed by atoms with Crippen LogP contribution in [0.4, 0.5) is 5.69 Å². The number of aryl methyl sites for hydroxylation is 4. The number of nitrogen functional groups attached to an aromatic ring is 1. The number of benzene rings is 1. The first-order chi connectivity index (χ1) is 32.8. The Morgan fingerprint density at radius 1 is 0.522 bits per heavy atom. The van der Waals surface area contributed by atoms with Gasteiger partial charge >= 0.3 is 0 Å². The molecule has 5 rings (SSSR count). The van der Waals surface area contributed by atoms with Crippen LogP contribution in [0.3, 0.4) is 0 Å². The number of pyridine rings is 4. The number of amides is 3. The molecule has 22 nitrogen and oxygen atoms in total. The monoisotopic (exact) mass is 954 g/mol. The van der Waals surface area contributed by atoms with Gasteiger partial charge in [0.1, 0.15) is 0 Å². The van der Waals surface area contributed by atoms with E-state index in [9.17, 15) is 58.8 Å². The van der Waals surface area contributed by atoms with Crippen LogP contribution in [-0.4, -0.2) is 131 Å². The molecule has 0 saturated carbocycles. The van der Waals surface area contributed by atoms with Gasteiger partial charge in [-0.25, -0.2) is 0 Å². The number of hydrogen-bond acceptors (Lipinski definition) is 15. The lowest BCUT2D eigenvalue weighted by atomic mass is 9.97. The highest BCUT2D eigenvalue weighted by molar-refractivity contribution is 5.99. The standard InChI is InChI=1S/C47H58N10O12/c1-52-19-11-32(37(59)44(52)66)36(58)6-5-18-56(23-15-49-41(63)33-12-20-53(2)45(67)38(33)60)27-30(26-29-7-9-31(48)10-8-29)28-57(24-16-50-42(64)34-13-21-54(3)46(68)39(34)61)25-17-51-43(65)35-14-22-55(4)47(69)40(35)62/h7-14,19-22,30,59-62H,5-6,15-18,23-28,48H2,1-4H3,(H,49,63)(H,50,64)(H,51,65). The van der Waals surface area contributed by atoms with Crippen LogP contribution in [0.5, 0.6) is 23.0 Å². The highest BCUT2D eigenvalue weighted by atomic mass is 16.3. The van der Waals surface area contributed by atoms with Gasteiger partial charge in [-0.05, 0) is 67.3 Å². The van der Waals surface area contributed by atoms with E-state index in [0.717, 1.165) is 23.8 Å². The molecule has 0 aliphatic carbocycles. The molecule has 0 radical (unpaired) electrons. The lowest BCUT2D eigenvalue weighted by Gasteiger charge is -2.32. The SMILES string of the molecule is Cn1ccc(C(=O)CCCN(CCNC(=O)c2ccn(C)c(=O)c2O)CC(Cc2ccc(N)cc2)CN(CCNC(=O)c2ccn(C)c(=O)c2O)CCNC(=O)c2ccn(C)c(=O)c2O)c(O)c1=O. The van der Waals surface area contributed by atoms with Crippen LogP contribution in [0.25, 0.3) is 0 Å². The van der Waals surface area contributed by atoms with Gasteiger partial charge in [-0.2, -0.15) is 0 Å². The van der Waals surface area contributed by atoms with E-state index >= 15 is 0 Å². The normalized spacial score (nSPS) is 11.7. The van der Waals surface area contributed by atoms with Crippen LogP contribution in [0, 0.1) is 5.92 Å². The molecule has 368 valence electrons. The predicted octanol–water partition coefficient (Wildman–Crippen LogP) is -0.398. The van der Waals surface area contributed by atoms with Crippen molar-refractivity contribution in [3.05, 3.63) is 143 Å². The molecule has 22 heteroatoms. The highest BCUT2D eigenvalue weighted by Gasteiger charge is 2.23. The number of aromatic hydroxyl groups is 4. The fourth-order valence-corrected chi connectivity index (χ4v) is 7.59. The van der Waals surface area contributed by atoms with Crippen LogP contribution >= 0.6 is 0 Å². The van der Waals surface area contributed by atoms with Crippen LogP contribution < -0.4 is 43.9 Å². The Morgan fingerprint density at radius 3 is 1.23 bits per heavy atom. The van der Waals surface area contributed by atoms with Gasteiger partial charge < -0.3 is 65.3 Å². The summed E-state index contributed by atoms with van der Waals surface area (Å²) in [6.07, 6.45) is 6.11. The quantitative estimate of drug-likeness (QED) is 0.0305. The molecule has 3 amide bonds. The van der Waals surface area contributed by atoms with Gasteiger partial charge in [0.05, 0.1) is 22.3 Å². The number of nitrogens with one attached hydrogen (secondary N) is 3. The van der Waals surface area contributed by atoms with Gasteiger partial charge in [0.2, 0.25) is 0 Å². The molecule has 0 aliphatic rings. The number of Topliss-reactive ketones (excluding diaryl/α,β-unsaturated/α-hetero) is 1. The maximum atomic E-state index is 13.3. The topological polar surface area (TPSA) is 306 Å². The van der Waals surface area contributed by atoms with Crippen molar-refractivity contribution in [3.63, 3.8) is 0 Å². The van der Waals surface area contributed by atoms with Crippen molar-refractivity contribution in [2.45, 2.75) is 19.3 Å². The Morgan fingerprint density at radius 2 is 0.855 bits per heavy atom. The fraction of sp³-hybridized carbons (Fsp3) is 0.362. The van der Waals surface area contributed by atoms with Gasteiger partial charge in [0.15, 0.2) is 28.8 Å². The molecule has 0 saturated heterocycles. The average molecular weight is 955 g/mol. The summed E-state index contributed by atoms with van der Waals surface area (Å²) in [4.78, 5) is 106. The molecule has 5 aromatic rings. The first-order valence-corrected chi connectivity index (χ1v) is 22.0. The van der Waals surface area contributed by atoms with E-state index in [1.165, 1.54) is 77.2 Å². The fourth-order valence-electron chi connectivity index (χ4n) is 7.59. The molecule has 1 atom stereocenters. The number of rotatable bonds is 23. The minimum absolute atomic E-state index is 0.0221. The Kier molecular flexibility index (Phi) is 17.8. The minimum atomic E-state index is -0.755. The number of aromatic nitrogens is 4. The Labute approximate surface area is 395 Å². The van der Waals surface area contributed by atoms with Crippen molar-refractivity contribution in [1.29, 1.82) is 0 Å².